The predicted octanol–water partition coefficient (Wildman–Crippen LogP) is 2.33. The van der Waals surface area contributed by atoms with E-state index in [9.17, 15) is 0 Å². The molecule has 2 nitrogen and oxygen atoms in total. The first-order valence-corrected chi connectivity index (χ1v) is 5.64. The van der Waals surface area contributed by atoms with Crippen molar-refractivity contribution in [3.63, 3.8) is 0 Å². The number of benzene rings is 1. The second kappa shape index (κ2) is 4.23. The maximum absolute atomic E-state index is 5.76. The molecule has 2 unspecified atom stereocenters. The van der Waals surface area contributed by atoms with Crippen LogP contribution in [0.4, 0.5) is 0 Å². The van der Waals surface area contributed by atoms with Gasteiger partial charge >= 0.3 is 0 Å². The number of para-hydroxylation sites is 1. The van der Waals surface area contributed by atoms with Gasteiger partial charge < -0.3 is 10.1 Å². The van der Waals surface area contributed by atoms with Crippen LogP contribution in [0.25, 0.3) is 0 Å². The molecule has 1 aromatic rings. The van der Waals surface area contributed by atoms with E-state index in [2.05, 4.69) is 37.4 Å². The van der Waals surface area contributed by atoms with E-state index in [1.165, 1.54) is 11.1 Å². The summed E-state index contributed by atoms with van der Waals surface area (Å²) < 4.78 is 5.76. The van der Waals surface area contributed by atoms with Gasteiger partial charge in [0.05, 0.1) is 6.61 Å². The average molecular weight is 205 g/mol. The van der Waals surface area contributed by atoms with E-state index in [4.69, 9.17) is 4.74 Å². The van der Waals surface area contributed by atoms with Crippen molar-refractivity contribution >= 4 is 0 Å². The lowest BCUT2D eigenvalue weighted by molar-refractivity contribution is 0.333. The van der Waals surface area contributed by atoms with Crippen LogP contribution in [0.3, 0.4) is 0 Å². The number of nitrogens with one attached hydrogen (secondary N) is 1. The van der Waals surface area contributed by atoms with Crippen molar-refractivity contribution < 1.29 is 4.74 Å². The van der Waals surface area contributed by atoms with E-state index >= 15 is 0 Å². The van der Waals surface area contributed by atoms with Crippen molar-refractivity contribution in [3.8, 4) is 5.75 Å². The summed E-state index contributed by atoms with van der Waals surface area (Å²) in [5.74, 6) is 1.68. The molecule has 15 heavy (non-hydrogen) atoms. The number of ether oxygens (including phenoxy) is 1. The molecule has 1 N–H and O–H groups in total. The Morgan fingerprint density at radius 1 is 1.53 bits per heavy atom. The van der Waals surface area contributed by atoms with Gasteiger partial charge in [0.2, 0.25) is 0 Å². The molecule has 1 aliphatic rings. The van der Waals surface area contributed by atoms with Crippen LogP contribution in [0, 0.1) is 0 Å². The van der Waals surface area contributed by atoms with Gasteiger partial charge in [-0.15, -0.1) is 0 Å². The summed E-state index contributed by atoms with van der Waals surface area (Å²) in [6.45, 7) is 5.25. The van der Waals surface area contributed by atoms with Gasteiger partial charge in [0.1, 0.15) is 5.75 Å². The van der Waals surface area contributed by atoms with E-state index in [0.29, 0.717) is 12.0 Å². The summed E-state index contributed by atoms with van der Waals surface area (Å²) in [5, 5.41) is 3.26. The fourth-order valence-electron chi connectivity index (χ4n) is 2.06. The molecule has 2 rings (SSSR count). The van der Waals surface area contributed by atoms with Gasteiger partial charge in [-0.25, -0.2) is 0 Å². The van der Waals surface area contributed by atoms with E-state index in [0.717, 1.165) is 18.8 Å². The molecule has 1 heterocycles. The summed E-state index contributed by atoms with van der Waals surface area (Å²) in [6.07, 6.45) is 1.03. The molecule has 82 valence electrons. The highest BCUT2D eigenvalue weighted by Crippen LogP contribution is 2.36. The van der Waals surface area contributed by atoms with Gasteiger partial charge in [0.15, 0.2) is 0 Å². The van der Waals surface area contributed by atoms with Crippen LogP contribution in [0.1, 0.15) is 30.9 Å². The zero-order valence-electron chi connectivity index (χ0n) is 9.71. The monoisotopic (exact) mass is 205 g/mol. The Bertz CT molecular complexity index is 348. The first kappa shape index (κ1) is 10.5. The smallest absolute Gasteiger partial charge is 0.126 e. The third-order valence-corrected chi connectivity index (χ3v) is 3.15. The van der Waals surface area contributed by atoms with Crippen molar-refractivity contribution in [1.82, 2.24) is 5.32 Å². The van der Waals surface area contributed by atoms with Crippen molar-refractivity contribution in [2.75, 3.05) is 13.7 Å². The first-order chi connectivity index (χ1) is 7.22. The second-order valence-electron chi connectivity index (χ2n) is 4.44. The van der Waals surface area contributed by atoms with Crippen LogP contribution in [-0.2, 0) is 6.42 Å². The molecule has 0 aliphatic carbocycles. The molecule has 0 amide bonds. The van der Waals surface area contributed by atoms with Crippen LogP contribution in [0.2, 0.25) is 0 Å². The van der Waals surface area contributed by atoms with Crippen molar-refractivity contribution in [3.05, 3.63) is 29.3 Å². The Kier molecular flexibility index (Phi) is 2.96. The zero-order chi connectivity index (χ0) is 10.8. The van der Waals surface area contributed by atoms with Crippen molar-refractivity contribution in [2.45, 2.75) is 32.2 Å². The second-order valence-corrected chi connectivity index (χ2v) is 4.44. The molecule has 0 radical (unpaired) electrons. The van der Waals surface area contributed by atoms with Gasteiger partial charge in [-0.3, -0.25) is 0 Å². The van der Waals surface area contributed by atoms with Crippen molar-refractivity contribution in [1.29, 1.82) is 0 Å². The fraction of sp³-hybridized carbons (Fsp3) is 0.538. The van der Waals surface area contributed by atoms with Gasteiger partial charge in [-0.1, -0.05) is 25.1 Å². The standard InChI is InChI=1S/C13H19NO/c1-9-8-15-13-11(7-10(2)14-3)5-4-6-12(9)13/h4-6,9-10,14H,7-8H2,1-3H3. The summed E-state index contributed by atoms with van der Waals surface area (Å²) in [6, 6.07) is 6.99. The number of likely N-dealkylation sites (N-methyl/N-ethyl adjacent to an activating group) is 1. The number of rotatable bonds is 3. The number of hydrogen-bond acceptors (Lipinski definition) is 2. The summed E-state index contributed by atoms with van der Waals surface area (Å²) in [7, 11) is 2.00. The zero-order valence-corrected chi connectivity index (χ0v) is 9.71. The molecule has 2 heteroatoms. The quantitative estimate of drug-likeness (QED) is 0.817. The van der Waals surface area contributed by atoms with Crippen LogP contribution >= 0.6 is 0 Å². The third-order valence-electron chi connectivity index (χ3n) is 3.15. The lowest BCUT2D eigenvalue weighted by Gasteiger charge is -2.13. The molecule has 1 aromatic carbocycles. The summed E-state index contributed by atoms with van der Waals surface area (Å²) >= 11 is 0. The summed E-state index contributed by atoms with van der Waals surface area (Å²) in [4.78, 5) is 0. The van der Waals surface area contributed by atoms with Gasteiger partial charge in [-0.2, -0.15) is 0 Å². The molecule has 1 aliphatic heterocycles. The first-order valence-electron chi connectivity index (χ1n) is 5.64. The van der Waals surface area contributed by atoms with E-state index in [1.807, 2.05) is 7.05 Å². The van der Waals surface area contributed by atoms with Gasteiger partial charge in [0.25, 0.3) is 0 Å². The predicted molar refractivity (Wildman–Crippen MR) is 62.6 cm³/mol. The molecule has 0 spiro atoms. The molecular formula is C13H19NO. The minimum Gasteiger partial charge on any atom is -0.492 e. The van der Waals surface area contributed by atoms with Crippen LogP contribution in [-0.4, -0.2) is 19.7 Å². The van der Waals surface area contributed by atoms with Crippen LogP contribution in [0.5, 0.6) is 5.75 Å². The van der Waals surface area contributed by atoms with E-state index < -0.39 is 0 Å². The highest BCUT2D eigenvalue weighted by atomic mass is 16.5. The van der Waals surface area contributed by atoms with Crippen molar-refractivity contribution in [2.24, 2.45) is 0 Å². The lowest BCUT2D eigenvalue weighted by Crippen LogP contribution is -2.23. The third kappa shape index (κ3) is 2.00. The Balaban J connectivity index is 2.26. The highest BCUT2D eigenvalue weighted by molar-refractivity contribution is 5.46. The molecule has 0 saturated heterocycles. The van der Waals surface area contributed by atoms with Gasteiger partial charge in [0, 0.05) is 17.5 Å². The normalized spacial score (nSPS) is 20.9. The minimum atomic E-state index is 0.496. The lowest BCUT2D eigenvalue weighted by atomic mass is 9.98. The largest absolute Gasteiger partial charge is 0.492 e. The molecule has 0 fully saturated rings. The number of fused-ring (bicyclic) bond motifs is 1. The Morgan fingerprint density at radius 2 is 2.33 bits per heavy atom. The maximum atomic E-state index is 5.76. The Hall–Kier alpha value is -1.02. The number of hydrogen-bond donors (Lipinski definition) is 1. The Labute approximate surface area is 91.6 Å². The van der Waals surface area contributed by atoms with Crippen LogP contribution < -0.4 is 10.1 Å². The molecule has 0 aromatic heterocycles. The topological polar surface area (TPSA) is 21.3 Å². The SMILES string of the molecule is CNC(C)Cc1cccc2c1OCC2C. The molecule has 2 atom stereocenters. The molecular weight excluding hydrogens is 186 g/mol. The fourth-order valence-corrected chi connectivity index (χ4v) is 2.06. The Morgan fingerprint density at radius 3 is 3.07 bits per heavy atom. The average Bonchev–Trinajstić information content (AvgIpc) is 2.62. The highest BCUT2D eigenvalue weighted by Gasteiger charge is 2.22. The summed E-state index contributed by atoms with van der Waals surface area (Å²) in [5.41, 5.74) is 2.70. The van der Waals surface area contributed by atoms with E-state index in [1.54, 1.807) is 0 Å². The minimum absolute atomic E-state index is 0.496. The maximum Gasteiger partial charge on any atom is 0.126 e. The van der Waals surface area contributed by atoms with Crippen LogP contribution in [0.15, 0.2) is 18.2 Å². The molecule has 0 saturated carbocycles. The molecule has 0 bridgehead atoms. The van der Waals surface area contributed by atoms with E-state index in [-0.39, 0.29) is 0 Å². The van der Waals surface area contributed by atoms with Gasteiger partial charge in [-0.05, 0) is 26.0 Å².